The number of nitrogens with zero attached hydrogens (tertiary/aromatic N) is 1. The number of aromatic hydroxyl groups is 1. The summed E-state index contributed by atoms with van der Waals surface area (Å²) in [5, 5.41) is 9.56. The zero-order chi connectivity index (χ0) is 10.7. The Bertz CT molecular complexity index is 347. The molecule has 0 heterocycles. The maximum atomic E-state index is 9.56. The zero-order valence-electron chi connectivity index (χ0n) is 8.83. The molecule has 0 bridgehead atoms. The Morgan fingerprint density at radius 1 is 1.36 bits per heavy atom. The first-order chi connectivity index (χ1) is 6.56. The summed E-state index contributed by atoms with van der Waals surface area (Å²) in [5.41, 5.74) is 8.29. The van der Waals surface area contributed by atoms with Crippen molar-refractivity contribution in [2.45, 2.75) is 20.8 Å². The molecule has 0 aliphatic rings. The summed E-state index contributed by atoms with van der Waals surface area (Å²) in [4.78, 5) is 4.12. The number of nitrogens with two attached hydrogens (primary N) is 1. The average molecular weight is 192 g/mol. The normalized spacial score (nSPS) is 11.8. The summed E-state index contributed by atoms with van der Waals surface area (Å²) in [5.74, 6) is 0.858. The Kier molecular flexibility index (Phi) is 3.12. The maximum Gasteiger partial charge on any atom is 0.125 e. The van der Waals surface area contributed by atoms with E-state index in [2.05, 4.69) is 4.99 Å². The van der Waals surface area contributed by atoms with Gasteiger partial charge in [-0.25, -0.2) is 0 Å². The second-order valence-electron chi connectivity index (χ2n) is 3.32. The number of rotatable bonds is 2. The van der Waals surface area contributed by atoms with Crippen LogP contribution in [0.25, 0.3) is 0 Å². The van der Waals surface area contributed by atoms with E-state index in [0.29, 0.717) is 18.1 Å². The van der Waals surface area contributed by atoms with Crippen LogP contribution in [0.1, 0.15) is 23.6 Å². The largest absolute Gasteiger partial charge is 0.507 e. The molecule has 0 aliphatic heterocycles. The summed E-state index contributed by atoms with van der Waals surface area (Å²) < 4.78 is 0. The minimum atomic E-state index is 0.332. The van der Waals surface area contributed by atoms with Crippen LogP contribution in [-0.4, -0.2) is 17.5 Å². The van der Waals surface area contributed by atoms with Crippen molar-refractivity contribution in [3.8, 4) is 5.75 Å². The maximum absolute atomic E-state index is 9.56. The smallest absolute Gasteiger partial charge is 0.125 e. The molecule has 3 N–H and O–H groups in total. The third-order valence-corrected chi connectivity index (χ3v) is 2.12. The fraction of sp³-hybridized carbons (Fsp3) is 0.364. The molecule has 1 rings (SSSR count). The monoisotopic (exact) mass is 192 g/mol. The van der Waals surface area contributed by atoms with Crippen LogP contribution in [0.2, 0.25) is 0 Å². The molecule has 3 nitrogen and oxygen atoms in total. The van der Waals surface area contributed by atoms with Gasteiger partial charge in [0.1, 0.15) is 11.6 Å². The lowest BCUT2D eigenvalue weighted by Crippen LogP contribution is -2.14. The minimum absolute atomic E-state index is 0.332. The molecule has 1 aromatic rings. The van der Waals surface area contributed by atoms with Crippen molar-refractivity contribution in [3.63, 3.8) is 0 Å². The topological polar surface area (TPSA) is 58.6 Å². The van der Waals surface area contributed by atoms with E-state index in [-0.39, 0.29) is 0 Å². The molecule has 0 fully saturated rings. The lowest BCUT2D eigenvalue weighted by Gasteiger charge is -2.07. The standard InChI is InChI=1S/C11H16N2O/c1-4-13-11(12)9-5-7(2)10(14)8(3)6-9/h5-6,14H,4H2,1-3H3,(H2,12,13). The van der Waals surface area contributed by atoms with Gasteiger partial charge in [-0.1, -0.05) is 0 Å². The van der Waals surface area contributed by atoms with Crippen molar-refractivity contribution >= 4 is 5.84 Å². The number of phenols is 1. The highest BCUT2D eigenvalue weighted by Crippen LogP contribution is 2.22. The van der Waals surface area contributed by atoms with Crippen molar-refractivity contribution in [1.29, 1.82) is 0 Å². The Hall–Kier alpha value is -1.51. The minimum Gasteiger partial charge on any atom is -0.507 e. The molecule has 76 valence electrons. The van der Waals surface area contributed by atoms with Crippen LogP contribution >= 0.6 is 0 Å². The fourth-order valence-corrected chi connectivity index (χ4v) is 1.37. The van der Waals surface area contributed by atoms with Gasteiger partial charge in [-0.2, -0.15) is 0 Å². The number of phenolic OH excluding ortho intramolecular Hbond substituents is 1. The van der Waals surface area contributed by atoms with Crippen molar-refractivity contribution in [2.24, 2.45) is 10.7 Å². The van der Waals surface area contributed by atoms with E-state index in [1.165, 1.54) is 0 Å². The van der Waals surface area contributed by atoms with Crippen LogP contribution in [0.5, 0.6) is 5.75 Å². The first-order valence-electron chi connectivity index (χ1n) is 4.66. The number of hydrogen-bond donors (Lipinski definition) is 2. The summed E-state index contributed by atoms with van der Waals surface area (Å²) >= 11 is 0. The average Bonchev–Trinajstić information content (AvgIpc) is 2.13. The van der Waals surface area contributed by atoms with E-state index in [4.69, 9.17) is 5.73 Å². The number of amidine groups is 1. The van der Waals surface area contributed by atoms with Crippen LogP contribution in [0.4, 0.5) is 0 Å². The van der Waals surface area contributed by atoms with Crippen molar-refractivity contribution in [2.75, 3.05) is 6.54 Å². The predicted molar refractivity (Wildman–Crippen MR) is 58.8 cm³/mol. The van der Waals surface area contributed by atoms with Gasteiger partial charge >= 0.3 is 0 Å². The molecule has 0 unspecified atom stereocenters. The Morgan fingerprint density at radius 2 is 1.86 bits per heavy atom. The number of benzene rings is 1. The van der Waals surface area contributed by atoms with Crippen molar-refractivity contribution in [3.05, 3.63) is 28.8 Å². The van der Waals surface area contributed by atoms with E-state index >= 15 is 0 Å². The second-order valence-corrected chi connectivity index (χ2v) is 3.32. The molecular formula is C11H16N2O. The summed E-state index contributed by atoms with van der Waals surface area (Å²) in [7, 11) is 0. The third-order valence-electron chi connectivity index (χ3n) is 2.12. The first kappa shape index (κ1) is 10.6. The van der Waals surface area contributed by atoms with Gasteiger partial charge < -0.3 is 10.8 Å². The highest BCUT2D eigenvalue weighted by atomic mass is 16.3. The van der Waals surface area contributed by atoms with Crippen LogP contribution < -0.4 is 5.73 Å². The van der Waals surface area contributed by atoms with Gasteiger partial charge in [-0.3, -0.25) is 4.99 Å². The first-order valence-corrected chi connectivity index (χ1v) is 4.66. The van der Waals surface area contributed by atoms with Gasteiger partial charge in [-0.15, -0.1) is 0 Å². The molecular weight excluding hydrogens is 176 g/mol. The summed E-state index contributed by atoms with van der Waals surface area (Å²) in [6, 6.07) is 3.69. The predicted octanol–water partition coefficient (Wildman–Crippen LogP) is 1.73. The molecule has 14 heavy (non-hydrogen) atoms. The number of aliphatic imine (C=N–C) groups is 1. The Balaban J connectivity index is 3.19. The van der Waals surface area contributed by atoms with Gasteiger partial charge in [0.25, 0.3) is 0 Å². The van der Waals surface area contributed by atoms with E-state index < -0.39 is 0 Å². The van der Waals surface area contributed by atoms with E-state index in [0.717, 1.165) is 16.7 Å². The lowest BCUT2D eigenvalue weighted by atomic mass is 10.1. The van der Waals surface area contributed by atoms with E-state index in [1.807, 2.05) is 32.9 Å². The van der Waals surface area contributed by atoms with Crippen LogP contribution in [0.3, 0.4) is 0 Å². The molecule has 1 aromatic carbocycles. The Labute approximate surface area is 84.3 Å². The van der Waals surface area contributed by atoms with Crippen LogP contribution in [0, 0.1) is 13.8 Å². The second kappa shape index (κ2) is 4.13. The molecule has 0 radical (unpaired) electrons. The Morgan fingerprint density at radius 3 is 2.29 bits per heavy atom. The van der Waals surface area contributed by atoms with Gasteiger partial charge in [0.2, 0.25) is 0 Å². The molecule has 0 aliphatic carbocycles. The van der Waals surface area contributed by atoms with Gasteiger partial charge in [0, 0.05) is 12.1 Å². The van der Waals surface area contributed by atoms with Crippen molar-refractivity contribution in [1.82, 2.24) is 0 Å². The summed E-state index contributed by atoms with van der Waals surface area (Å²) in [6.07, 6.45) is 0. The number of hydrogen-bond acceptors (Lipinski definition) is 2. The van der Waals surface area contributed by atoms with E-state index in [9.17, 15) is 5.11 Å². The molecule has 0 saturated carbocycles. The van der Waals surface area contributed by atoms with Gasteiger partial charge in [0.05, 0.1) is 0 Å². The van der Waals surface area contributed by atoms with Gasteiger partial charge in [-0.05, 0) is 44.0 Å². The summed E-state index contributed by atoms with van der Waals surface area (Å²) in [6.45, 7) is 6.31. The third kappa shape index (κ3) is 2.05. The molecule has 0 atom stereocenters. The lowest BCUT2D eigenvalue weighted by molar-refractivity contribution is 0.467. The molecule has 0 saturated heterocycles. The van der Waals surface area contributed by atoms with Gasteiger partial charge in [0.15, 0.2) is 0 Å². The van der Waals surface area contributed by atoms with Crippen molar-refractivity contribution < 1.29 is 5.11 Å². The zero-order valence-corrected chi connectivity index (χ0v) is 8.83. The highest BCUT2D eigenvalue weighted by Gasteiger charge is 2.05. The molecule has 0 spiro atoms. The van der Waals surface area contributed by atoms with Crippen LogP contribution in [-0.2, 0) is 0 Å². The fourth-order valence-electron chi connectivity index (χ4n) is 1.37. The van der Waals surface area contributed by atoms with Crippen LogP contribution in [0.15, 0.2) is 17.1 Å². The molecule has 3 heteroatoms. The molecule has 0 amide bonds. The number of aryl methyl sites for hydroxylation is 2. The molecule has 0 aromatic heterocycles. The van der Waals surface area contributed by atoms with E-state index in [1.54, 1.807) is 0 Å². The highest BCUT2D eigenvalue weighted by molar-refractivity contribution is 5.98. The SMILES string of the molecule is CCN=C(N)c1cc(C)c(O)c(C)c1. The quantitative estimate of drug-likeness (QED) is 0.554.